The van der Waals surface area contributed by atoms with Crippen LogP contribution in [0.25, 0.3) is 0 Å². The average Bonchev–Trinajstić information content (AvgIpc) is 2.26. The summed E-state index contributed by atoms with van der Waals surface area (Å²) in [5, 5.41) is 0.876. The SMILES string of the molecule is NC1CCCN(S(=O)(=O)Cc2cc(Cl)cc(Cl)c2)C1. The summed E-state index contributed by atoms with van der Waals surface area (Å²) in [5.74, 6) is -0.0972. The second-order valence-electron chi connectivity index (χ2n) is 4.79. The zero-order valence-corrected chi connectivity index (χ0v) is 12.7. The molecule has 0 aromatic heterocycles. The molecule has 0 spiro atoms. The maximum atomic E-state index is 12.3. The number of halogens is 2. The highest BCUT2D eigenvalue weighted by Crippen LogP contribution is 2.22. The minimum atomic E-state index is -3.37. The Kier molecular flexibility index (Phi) is 4.74. The molecule has 1 aromatic carbocycles. The van der Waals surface area contributed by atoms with E-state index in [0.717, 1.165) is 12.8 Å². The van der Waals surface area contributed by atoms with Gasteiger partial charge in [-0.05, 0) is 36.6 Å². The second kappa shape index (κ2) is 5.97. The van der Waals surface area contributed by atoms with Gasteiger partial charge in [-0.15, -0.1) is 0 Å². The minimum absolute atomic E-state index is 0.0773. The van der Waals surface area contributed by atoms with Gasteiger partial charge in [0.15, 0.2) is 0 Å². The lowest BCUT2D eigenvalue weighted by Gasteiger charge is -2.29. The number of sulfonamides is 1. The van der Waals surface area contributed by atoms with E-state index in [1.165, 1.54) is 4.31 Å². The molecule has 1 aromatic rings. The summed E-state index contributed by atoms with van der Waals surface area (Å²) >= 11 is 11.8. The molecule has 106 valence electrons. The Morgan fingerprint density at radius 3 is 2.47 bits per heavy atom. The second-order valence-corrected chi connectivity index (χ2v) is 7.64. The van der Waals surface area contributed by atoms with Crippen molar-refractivity contribution in [3.8, 4) is 0 Å². The van der Waals surface area contributed by atoms with Gasteiger partial charge in [0.05, 0.1) is 5.75 Å². The summed E-state index contributed by atoms with van der Waals surface area (Å²) in [4.78, 5) is 0. The van der Waals surface area contributed by atoms with Crippen molar-refractivity contribution < 1.29 is 8.42 Å². The van der Waals surface area contributed by atoms with Gasteiger partial charge < -0.3 is 5.73 Å². The zero-order valence-electron chi connectivity index (χ0n) is 10.4. The molecule has 1 fully saturated rings. The van der Waals surface area contributed by atoms with Gasteiger partial charge in [0.1, 0.15) is 0 Å². The number of piperidine rings is 1. The lowest BCUT2D eigenvalue weighted by atomic mass is 10.1. The van der Waals surface area contributed by atoms with Crippen LogP contribution in [-0.2, 0) is 15.8 Å². The molecule has 1 atom stereocenters. The van der Waals surface area contributed by atoms with Gasteiger partial charge >= 0.3 is 0 Å². The number of benzene rings is 1. The Morgan fingerprint density at radius 1 is 1.26 bits per heavy atom. The van der Waals surface area contributed by atoms with Crippen LogP contribution in [0.2, 0.25) is 10.0 Å². The summed E-state index contributed by atoms with van der Waals surface area (Å²) in [6.45, 7) is 0.918. The van der Waals surface area contributed by atoms with Crippen molar-refractivity contribution in [3.63, 3.8) is 0 Å². The molecule has 1 unspecified atom stereocenters. The van der Waals surface area contributed by atoms with Crippen LogP contribution in [0.3, 0.4) is 0 Å². The topological polar surface area (TPSA) is 63.4 Å². The van der Waals surface area contributed by atoms with E-state index in [2.05, 4.69) is 0 Å². The highest BCUT2D eigenvalue weighted by Gasteiger charge is 2.27. The first-order chi connectivity index (χ1) is 8.87. The Labute approximate surface area is 123 Å². The van der Waals surface area contributed by atoms with Gasteiger partial charge in [0, 0.05) is 29.2 Å². The fraction of sp³-hybridized carbons (Fsp3) is 0.500. The predicted octanol–water partition coefficient (Wildman–Crippen LogP) is 2.25. The van der Waals surface area contributed by atoms with E-state index >= 15 is 0 Å². The van der Waals surface area contributed by atoms with Crippen LogP contribution in [0.5, 0.6) is 0 Å². The summed E-state index contributed by atoms with van der Waals surface area (Å²) in [7, 11) is -3.37. The molecule has 4 nitrogen and oxygen atoms in total. The fourth-order valence-electron chi connectivity index (χ4n) is 2.22. The number of hydrogen-bond donors (Lipinski definition) is 1. The molecule has 19 heavy (non-hydrogen) atoms. The van der Waals surface area contributed by atoms with E-state index in [4.69, 9.17) is 28.9 Å². The van der Waals surface area contributed by atoms with Crippen LogP contribution < -0.4 is 5.73 Å². The van der Waals surface area contributed by atoms with Crippen molar-refractivity contribution in [2.24, 2.45) is 5.73 Å². The van der Waals surface area contributed by atoms with E-state index in [-0.39, 0.29) is 11.8 Å². The van der Waals surface area contributed by atoms with Crippen LogP contribution in [0.15, 0.2) is 18.2 Å². The largest absolute Gasteiger partial charge is 0.327 e. The monoisotopic (exact) mass is 322 g/mol. The number of rotatable bonds is 3. The quantitative estimate of drug-likeness (QED) is 0.928. The smallest absolute Gasteiger partial charge is 0.218 e. The van der Waals surface area contributed by atoms with Crippen LogP contribution in [-0.4, -0.2) is 31.9 Å². The maximum absolute atomic E-state index is 12.3. The average molecular weight is 323 g/mol. The standard InChI is InChI=1S/C12H16Cl2N2O2S/c13-10-4-9(5-11(14)6-10)8-19(17,18)16-3-1-2-12(15)7-16/h4-6,12H,1-3,7-8,15H2. The lowest BCUT2D eigenvalue weighted by Crippen LogP contribution is -2.46. The third-order valence-corrected chi connectivity index (χ3v) is 5.34. The molecule has 0 amide bonds. The molecule has 2 N–H and O–H groups in total. The third kappa shape index (κ3) is 4.07. The summed E-state index contributed by atoms with van der Waals surface area (Å²) < 4.78 is 26.1. The minimum Gasteiger partial charge on any atom is -0.327 e. The van der Waals surface area contributed by atoms with Gasteiger partial charge in [-0.25, -0.2) is 12.7 Å². The number of hydrogen-bond acceptors (Lipinski definition) is 3. The molecule has 1 saturated heterocycles. The molecular formula is C12H16Cl2N2O2S. The molecule has 0 aliphatic carbocycles. The van der Waals surface area contributed by atoms with Crippen molar-refractivity contribution in [1.82, 2.24) is 4.31 Å². The van der Waals surface area contributed by atoms with Crippen molar-refractivity contribution >= 4 is 33.2 Å². The summed E-state index contributed by atoms with van der Waals surface area (Å²) in [6.07, 6.45) is 1.67. The van der Waals surface area contributed by atoms with Gasteiger partial charge in [0.2, 0.25) is 10.0 Å². The fourth-order valence-corrected chi connectivity index (χ4v) is 4.39. The molecule has 0 radical (unpaired) electrons. The molecule has 0 bridgehead atoms. The lowest BCUT2D eigenvalue weighted by molar-refractivity contribution is 0.316. The van der Waals surface area contributed by atoms with Crippen molar-refractivity contribution in [3.05, 3.63) is 33.8 Å². The molecular weight excluding hydrogens is 307 g/mol. The van der Waals surface area contributed by atoms with Crippen LogP contribution in [0.1, 0.15) is 18.4 Å². The zero-order chi connectivity index (χ0) is 14.0. The predicted molar refractivity (Wildman–Crippen MR) is 77.9 cm³/mol. The first-order valence-electron chi connectivity index (χ1n) is 6.05. The molecule has 1 heterocycles. The first kappa shape index (κ1) is 15.1. The molecule has 0 saturated carbocycles. The summed E-state index contributed by atoms with van der Waals surface area (Å²) in [6, 6.07) is 4.74. The first-order valence-corrected chi connectivity index (χ1v) is 8.42. The van der Waals surface area contributed by atoms with E-state index < -0.39 is 10.0 Å². The number of nitrogens with two attached hydrogens (primary N) is 1. The summed E-state index contributed by atoms with van der Waals surface area (Å²) in [5.41, 5.74) is 6.41. The Morgan fingerprint density at radius 2 is 1.89 bits per heavy atom. The maximum Gasteiger partial charge on any atom is 0.218 e. The van der Waals surface area contributed by atoms with Crippen LogP contribution >= 0.6 is 23.2 Å². The van der Waals surface area contributed by atoms with Crippen molar-refractivity contribution in [2.45, 2.75) is 24.6 Å². The van der Waals surface area contributed by atoms with Crippen molar-refractivity contribution in [1.29, 1.82) is 0 Å². The van der Waals surface area contributed by atoms with E-state index in [9.17, 15) is 8.42 Å². The van der Waals surface area contributed by atoms with Gasteiger partial charge in [0.25, 0.3) is 0 Å². The van der Waals surface area contributed by atoms with Crippen LogP contribution in [0, 0.1) is 0 Å². The van der Waals surface area contributed by atoms with Gasteiger partial charge in [-0.2, -0.15) is 0 Å². The molecule has 1 aliphatic rings. The Balaban J connectivity index is 2.16. The molecule has 7 heteroatoms. The Bertz CT molecular complexity index is 543. The molecule has 1 aliphatic heterocycles. The highest BCUT2D eigenvalue weighted by molar-refractivity contribution is 7.88. The van der Waals surface area contributed by atoms with Crippen molar-refractivity contribution in [2.75, 3.05) is 13.1 Å². The van der Waals surface area contributed by atoms with Gasteiger partial charge in [-0.1, -0.05) is 23.2 Å². The van der Waals surface area contributed by atoms with E-state index in [0.29, 0.717) is 28.7 Å². The Hall–Kier alpha value is -0.330. The molecule has 2 rings (SSSR count). The highest BCUT2D eigenvalue weighted by atomic mass is 35.5. The van der Waals surface area contributed by atoms with Gasteiger partial charge in [-0.3, -0.25) is 0 Å². The van der Waals surface area contributed by atoms with Crippen LogP contribution in [0.4, 0.5) is 0 Å². The number of nitrogens with zero attached hydrogens (tertiary/aromatic N) is 1. The van der Waals surface area contributed by atoms with E-state index in [1.54, 1.807) is 18.2 Å². The third-order valence-electron chi connectivity index (χ3n) is 3.09. The normalized spacial score (nSPS) is 21.5. The van der Waals surface area contributed by atoms with E-state index in [1.807, 2.05) is 0 Å².